The molecule has 2 N–H and O–H groups in total. The van der Waals surface area contributed by atoms with Gasteiger partial charge in [-0.05, 0) is 30.3 Å². The Kier molecular flexibility index (Phi) is 4.59. The molecule has 0 fully saturated rings. The van der Waals surface area contributed by atoms with Crippen molar-refractivity contribution in [2.45, 2.75) is 0 Å². The molecule has 0 saturated carbocycles. The normalized spacial score (nSPS) is 9.67. The summed E-state index contributed by atoms with van der Waals surface area (Å²) < 4.78 is 25.9. The number of halogens is 2. The molecule has 0 atom stereocenters. The summed E-state index contributed by atoms with van der Waals surface area (Å²) in [6.07, 6.45) is 1.43. The number of aromatic nitrogens is 1. The number of carbonyl (C=O) groups excluding carboxylic acids is 1. The van der Waals surface area contributed by atoms with Gasteiger partial charge in [0, 0.05) is 17.3 Å². The number of hydrogen-bond donors (Lipinski definition) is 2. The minimum atomic E-state index is -1.10. The zero-order valence-electron chi connectivity index (χ0n) is 10.7. The Morgan fingerprint density at radius 2 is 2.05 bits per heavy atom. The first-order valence-corrected chi connectivity index (χ1v) is 5.92. The fourth-order valence-corrected chi connectivity index (χ4v) is 1.54. The molecule has 0 aliphatic carbocycles. The summed E-state index contributed by atoms with van der Waals surface area (Å²) in [4.78, 5) is 15.8. The van der Waals surface area contributed by atoms with Crippen LogP contribution in [0.25, 0.3) is 0 Å². The molecule has 1 aromatic heterocycles. The molecule has 0 spiro atoms. The fourth-order valence-electron chi connectivity index (χ4n) is 1.54. The molecule has 0 aliphatic heterocycles. The Morgan fingerprint density at radius 3 is 2.76 bits per heavy atom. The van der Waals surface area contributed by atoms with Gasteiger partial charge in [-0.15, -0.1) is 0 Å². The molecule has 0 bridgehead atoms. The molecule has 2 aromatic rings. The van der Waals surface area contributed by atoms with Gasteiger partial charge in [0.25, 0.3) is 5.91 Å². The van der Waals surface area contributed by atoms with Crippen LogP contribution < -0.4 is 5.32 Å². The van der Waals surface area contributed by atoms with Gasteiger partial charge >= 0.3 is 0 Å². The Hall–Kier alpha value is -2.78. The average Bonchev–Trinajstić information content (AvgIpc) is 2.48. The highest BCUT2D eigenvalue weighted by molar-refractivity contribution is 6.03. The predicted octanol–water partition coefficient (Wildman–Crippen LogP) is 1.96. The number of hydrogen-bond acceptors (Lipinski definition) is 3. The molecule has 6 heteroatoms. The molecular formula is C15H10F2N2O2. The van der Waals surface area contributed by atoms with Crippen LogP contribution in [-0.4, -0.2) is 22.6 Å². The highest BCUT2D eigenvalue weighted by Gasteiger charge is 2.10. The summed E-state index contributed by atoms with van der Waals surface area (Å²) in [5.74, 6) is 2.61. The fraction of sp³-hybridized carbons (Fsp3) is 0.0667. The number of amides is 1. The van der Waals surface area contributed by atoms with Crippen molar-refractivity contribution < 1.29 is 18.7 Å². The number of nitrogens with one attached hydrogen (secondary N) is 1. The second-order valence-electron chi connectivity index (χ2n) is 3.97. The maximum atomic E-state index is 13.1. The number of anilines is 1. The van der Waals surface area contributed by atoms with Crippen molar-refractivity contribution in [3.05, 3.63) is 59.3 Å². The highest BCUT2D eigenvalue weighted by Crippen LogP contribution is 2.12. The van der Waals surface area contributed by atoms with Gasteiger partial charge in [-0.3, -0.25) is 4.79 Å². The summed E-state index contributed by atoms with van der Waals surface area (Å²) in [6.45, 7) is -0.279. The van der Waals surface area contributed by atoms with Gasteiger partial charge in [0.2, 0.25) is 0 Å². The van der Waals surface area contributed by atoms with E-state index in [9.17, 15) is 13.6 Å². The van der Waals surface area contributed by atoms with Gasteiger partial charge in [0.05, 0.1) is 0 Å². The standard InChI is InChI=1S/C15H10F2N2O2/c16-12-4-3-11(9-13(12)17)15(21)19-14-8-10(2-1-7-20)5-6-18-14/h3-6,8-9,20H,7H2,(H,18,19,21). The number of nitrogens with zero attached hydrogens (tertiary/aromatic N) is 1. The second kappa shape index (κ2) is 6.59. The summed E-state index contributed by atoms with van der Waals surface area (Å²) in [6, 6.07) is 5.96. The first kappa shape index (κ1) is 14.6. The SMILES string of the molecule is O=C(Nc1cc(C#CCO)ccn1)c1ccc(F)c(F)c1. The smallest absolute Gasteiger partial charge is 0.256 e. The molecule has 0 radical (unpaired) electrons. The molecule has 1 heterocycles. The first-order valence-electron chi connectivity index (χ1n) is 5.92. The molecule has 0 unspecified atom stereocenters. The minimum absolute atomic E-state index is 0.0254. The molecule has 1 amide bonds. The average molecular weight is 288 g/mol. The largest absolute Gasteiger partial charge is 0.384 e. The van der Waals surface area contributed by atoms with Crippen LogP contribution in [0.3, 0.4) is 0 Å². The summed E-state index contributed by atoms with van der Waals surface area (Å²) >= 11 is 0. The van der Waals surface area contributed by atoms with Crippen molar-refractivity contribution in [3.63, 3.8) is 0 Å². The van der Waals surface area contributed by atoms with Gasteiger partial charge in [-0.1, -0.05) is 11.8 Å². The van der Waals surface area contributed by atoms with E-state index in [-0.39, 0.29) is 18.0 Å². The van der Waals surface area contributed by atoms with Crippen molar-refractivity contribution in [3.8, 4) is 11.8 Å². The van der Waals surface area contributed by atoms with Crippen LogP contribution in [0.5, 0.6) is 0 Å². The summed E-state index contributed by atoms with van der Waals surface area (Å²) in [5.41, 5.74) is 0.530. The molecule has 4 nitrogen and oxygen atoms in total. The van der Waals surface area contributed by atoms with Crippen molar-refractivity contribution in [1.29, 1.82) is 0 Å². The van der Waals surface area contributed by atoms with Gasteiger partial charge in [0.1, 0.15) is 12.4 Å². The minimum Gasteiger partial charge on any atom is -0.384 e. The molecule has 106 valence electrons. The molecule has 1 aromatic carbocycles. The number of carbonyl (C=O) groups is 1. The zero-order chi connectivity index (χ0) is 15.2. The van der Waals surface area contributed by atoms with Crippen molar-refractivity contribution in [1.82, 2.24) is 4.98 Å². The highest BCUT2D eigenvalue weighted by atomic mass is 19.2. The van der Waals surface area contributed by atoms with E-state index in [2.05, 4.69) is 22.1 Å². The summed E-state index contributed by atoms with van der Waals surface area (Å²) in [5, 5.41) is 11.1. The third-order valence-corrected chi connectivity index (χ3v) is 2.50. The van der Waals surface area contributed by atoms with Gasteiger partial charge in [0.15, 0.2) is 11.6 Å². The number of rotatable bonds is 2. The maximum Gasteiger partial charge on any atom is 0.256 e. The van der Waals surface area contributed by atoms with Crippen molar-refractivity contribution in [2.24, 2.45) is 0 Å². The van der Waals surface area contributed by atoms with E-state index in [4.69, 9.17) is 5.11 Å². The van der Waals surface area contributed by atoms with Gasteiger partial charge < -0.3 is 10.4 Å². The van der Waals surface area contributed by atoms with E-state index < -0.39 is 17.5 Å². The van der Waals surface area contributed by atoms with E-state index in [1.807, 2.05) is 0 Å². The lowest BCUT2D eigenvalue weighted by molar-refractivity contribution is 0.102. The monoisotopic (exact) mass is 288 g/mol. The van der Waals surface area contributed by atoms with E-state index in [1.54, 1.807) is 6.07 Å². The molecule has 0 aliphatic rings. The van der Waals surface area contributed by atoms with Gasteiger partial charge in [-0.2, -0.15) is 0 Å². The van der Waals surface area contributed by atoms with E-state index in [1.165, 1.54) is 18.3 Å². The molecule has 0 saturated heterocycles. The zero-order valence-corrected chi connectivity index (χ0v) is 10.7. The van der Waals surface area contributed by atoms with E-state index >= 15 is 0 Å². The predicted molar refractivity (Wildman–Crippen MR) is 72.5 cm³/mol. The molecule has 2 rings (SSSR count). The number of pyridine rings is 1. The maximum absolute atomic E-state index is 13.1. The number of aliphatic hydroxyl groups excluding tert-OH is 1. The van der Waals surface area contributed by atoms with E-state index in [0.717, 1.165) is 12.1 Å². The van der Waals surface area contributed by atoms with Crippen LogP contribution in [0.1, 0.15) is 15.9 Å². The van der Waals surface area contributed by atoms with Crippen LogP contribution >= 0.6 is 0 Å². The Labute approximate surface area is 119 Å². The van der Waals surface area contributed by atoms with Crippen LogP contribution in [0, 0.1) is 23.5 Å². The van der Waals surface area contributed by atoms with Gasteiger partial charge in [-0.25, -0.2) is 13.8 Å². The van der Waals surface area contributed by atoms with Crippen molar-refractivity contribution in [2.75, 3.05) is 11.9 Å². The Bertz CT molecular complexity index is 736. The lowest BCUT2D eigenvalue weighted by Gasteiger charge is -2.05. The second-order valence-corrected chi connectivity index (χ2v) is 3.97. The van der Waals surface area contributed by atoms with Crippen LogP contribution in [0.4, 0.5) is 14.6 Å². The van der Waals surface area contributed by atoms with E-state index in [0.29, 0.717) is 5.56 Å². The third-order valence-electron chi connectivity index (χ3n) is 2.50. The Morgan fingerprint density at radius 1 is 1.24 bits per heavy atom. The van der Waals surface area contributed by atoms with Crippen molar-refractivity contribution >= 4 is 11.7 Å². The van der Waals surface area contributed by atoms with Crippen LogP contribution in [0.15, 0.2) is 36.5 Å². The third kappa shape index (κ3) is 3.84. The molecule has 21 heavy (non-hydrogen) atoms. The Balaban J connectivity index is 2.17. The quantitative estimate of drug-likeness (QED) is 0.830. The lowest BCUT2D eigenvalue weighted by Crippen LogP contribution is -2.13. The number of aliphatic hydroxyl groups is 1. The summed E-state index contributed by atoms with van der Waals surface area (Å²) in [7, 11) is 0. The topological polar surface area (TPSA) is 62.2 Å². The number of benzene rings is 1. The van der Waals surface area contributed by atoms with Crippen LogP contribution in [0.2, 0.25) is 0 Å². The van der Waals surface area contributed by atoms with Crippen LogP contribution in [-0.2, 0) is 0 Å². The molecular weight excluding hydrogens is 278 g/mol. The first-order chi connectivity index (χ1) is 10.1. The lowest BCUT2D eigenvalue weighted by atomic mass is 10.2.